The molecule has 2 aliphatic rings. The van der Waals surface area contributed by atoms with Gasteiger partial charge in [-0.1, -0.05) is 19.1 Å². The number of carbonyl (C=O) groups excluding carboxylic acids is 2. The number of fused-ring (bicyclic) bond motifs is 2. The van der Waals surface area contributed by atoms with Gasteiger partial charge in [0, 0.05) is 29.0 Å². The standard InChI is InChI=1S/C12H16N2O2/c1-3-14-11(16)8-7-4-5-12(2,6-7)9(8)10(13)15/h4-5,7H,3,6H2,1-2H3,(H2,13,15)(H,14,16). The van der Waals surface area contributed by atoms with Crippen LogP contribution < -0.4 is 11.1 Å². The number of hydrogen-bond donors (Lipinski definition) is 2. The summed E-state index contributed by atoms with van der Waals surface area (Å²) in [7, 11) is 0. The predicted molar refractivity (Wildman–Crippen MR) is 60.3 cm³/mol. The maximum Gasteiger partial charge on any atom is 0.248 e. The van der Waals surface area contributed by atoms with Crippen LogP contribution in [0.5, 0.6) is 0 Å². The molecule has 0 saturated carbocycles. The zero-order chi connectivity index (χ0) is 11.9. The van der Waals surface area contributed by atoms with Crippen molar-refractivity contribution >= 4 is 11.8 Å². The Morgan fingerprint density at radius 3 is 2.88 bits per heavy atom. The summed E-state index contributed by atoms with van der Waals surface area (Å²) in [5.41, 5.74) is 6.11. The number of nitrogens with two attached hydrogens (primary N) is 1. The third-order valence-corrected chi connectivity index (χ3v) is 3.38. The third-order valence-electron chi connectivity index (χ3n) is 3.38. The number of carbonyl (C=O) groups is 2. The zero-order valence-electron chi connectivity index (χ0n) is 9.54. The van der Waals surface area contributed by atoms with E-state index in [4.69, 9.17) is 5.73 Å². The van der Waals surface area contributed by atoms with Gasteiger partial charge in [0.2, 0.25) is 11.8 Å². The number of likely N-dealkylation sites (N-methyl/N-ethyl adjacent to an activating group) is 1. The summed E-state index contributed by atoms with van der Waals surface area (Å²) in [6, 6.07) is 0. The molecule has 0 spiro atoms. The van der Waals surface area contributed by atoms with Crippen LogP contribution in [-0.2, 0) is 9.59 Å². The minimum absolute atomic E-state index is 0.0547. The molecule has 86 valence electrons. The molecule has 2 atom stereocenters. The fourth-order valence-corrected chi connectivity index (χ4v) is 2.75. The van der Waals surface area contributed by atoms with Crippen molar-refractivity contribution in [2.75, 3.05) is 6.54 Å². The first kappa shape index (κ1) is 10.9. The van der Waals surface area contributed by atoms with Crippen LogP contribution in [0.15, 0.2) is 23.3 Å². The van der Waals surface area contributed by atoms with E-state index in [0.717, 1.165) is 6.42 Å². The summed E-state index contributed by atoms with van der Waals surface area (Å²) in [5.74, 6) is -0.580. The SMILES string of the molecule is CCNC(=O)C1=C(C(N)=O)C2(C)C=CC1C2. The Morgan fingerprint density at radius 2 is 2.31 bits per heavy atom. The summed E-state index contributed by atoms with van der Waals surface area (Å²) < 4.78 is 0. The number of nitrogens with one attached hydrogen (secondary N) is 1. The summed E-state index contributed by atoms with van der Waals surface area (Å²) in [4.78, 5) is 23.3. The maximum atomic E-state index is 11.9. The number of hydrogen-bond acceptors (Lipinski definition) is 2. The monoisotopic (exact) mass is 220 g/mol. The van der Waals surface area contributed by atoms with Gasteiger partial charge in [-0.3, -0.25) is 9.59 Å². The molecular weight excluding hydrogens is 204 g/mol. The quantitative estimate of drug-likeness (QED) is 0.680. The molecule has 2 amide bonds. The van der Waals surface area contributed by atoms with Crippen LogP contribution in [0.2, 0.25) is 0 Å². The molecule has 2 bridgehead atoms. The summed E-state index contributed by atoms with van der Waals surface area (Å²) in [6.07, 6.45) is 4.77. The van der Waals surface area contributed by atoms with Gasteiger partial charge in [-0.25, -0.2) is 0 Å². The molecule has 0 aromatic rings. The number of primary amides is 1. The zero-order valence-corrected chi connectivity index (χ0v) is 9.54. The molecule has 0 saturated heterocycles. The first-order valence-corrected chi connectivity index (χ1v) is 5.51. The molecule has 2 aliphatic carbocycles. The molecule has 2 rings (SSSR count). The number of amides is 2. The van der Waals surface area contributed by atoms with Crippen molar-refractivity contribution in [1.29, 1.82) is 0 Å². The fourth-order valence-electron chi connectivity index (χ4n) is 2.75. The lowest BCUT2D eigenvalue weighted by atomic mass is 9.83. The van der Waals surface area contributed by atoms with Gasteiger partial charge >= 0.3 is 0 Å². The van der Waals surface area contributed by atoms with Crippen molar-refractivity contribution in [2.45, 2.75) is 20.3 Å². The van der Waals surface area contributed by atoms with Crippen LogP contribution in [-0.4, -0.2) is 18.4 Å². The molecule has 0 aromatic carbocycles. The topological polar surface area (TPSA) is 72.2 Å². The molecule has 0 heterocycles. The lowest BCUT2D eigenvalue weighted by Crippen LogP contribution is -2.31. The molecular formula is C12H16N2O2. The van der Waals surface area contributed by atoms with Crippen LogP contribution in [0.3, 0.4) is 0 Å². The van der Waals surface area contributed by atoms with Crippen LogP contribution in [0, 0.1) is 11.3 Å². The molecule has 0 fully saturated rings. The van der Waals surface area contributed by atoms with E-state index in [1.54, 1.807) is 0 Å². The number of allylic oxidation sites excluding steroid dienone is 2. The Kier molecular flexibility index (Phi) is 2.37. The first-order valence-electron chi connectivity index (χ1n) is 5.51. The van der Waals surface area contributed by atoms with Crippen LogP contribution in [0.1, 0.15) is 20.3 Å². The third kappa shape index (κ3) is 1.37. The van der Waals surface area contributed by atoms with Crippen molar-refractivity contribution in [2.24, 2.45) is 17.1 Å². The van der Waals surface area contributed by atoms with Crippen LogP contribution >= 0.6 is 0 Å². The summed E-state index contributed by atoms with van der Waals surface area (Å²) in [5, 5.41) is 2.74. The Balaban J connectivity index is 2.44. The van der Waals surface area contributed by atoms with Gasteiger partial charge < -0.3 is 11.1 Å². The summed E-state index contributed by atoms with van der Waals surface area (Å²) >= 11 is 0. The van der Waals surface area contributed by atoms with E-state index >= 15 is 0 Å². The molecule has 0 aliphatic heterocycles. The molecule has 4 heteroatoms. The molecule has 3 N–H and O–H groups in total. The minimum Gasteiger partial charge on any atom is -0.366 e. The average molecular weight is 220 g/mol. The van der Waals surface area contributed by atoms with Crippen molar-refractivity contribution in [1.82, 2.24) is 5.32 Å². The Bertz CT molecular complexity index is 423. The predicted octanol–water partition coefficient (Wildman–Crippen LogP) is 0.500. The lowest BCUT2D eigenvalue weighted by Gasteiger charge is -2.21. The van der Waals surface area contributed by atoms with E-state index < -0.39 is 5.91 Å². The van der Waals surface area contributed by atoms with Crippen LogP contribution in [0.25, 0.3) is 0 Å². The highest BCUT2D eigenvalue weighted by molar-refractivity contribution is 6.07. The maximum absolute atomic E-state index is 11.9. The van der Waals surface area contributed by atoms with E-state index in [2.05, 4.69) is 5.32 Å². The van der Waals surface area contributed by atoms with E-state index in [1.165, 1.54) is 0 Å². The van der Waals surface area contributed by atoms with Gasteiger partial charge in [-0.2, -0.15) is 0 Å². The van der Waals surface area contributed by atoms with E-state index in [1.807, 2.05) is 26.0 Å². The van der Waals surface area contributed by atoms with Crippen LogP contribution in [0.4, 0.5) is 0 Å². The normalized spacial score (nSPS) is 31.0. The average Bonchev–Trinajstić information content (AvgIpc) is 2.70. The first-order chi connectivity index (χ1) is 7.49. The fraction of sp³-hybridized carbons (Fsp3) is 0.500. The second kappa shape index (κ2) is 3.47. The molecule has 0 aromatic heterocycles. The number of rotatable bonds is 3. The highest BCUT2D eigenvalue weighted by Crippen LogP contribution is 2.52. The highest BCUT2D eigenvalue weighted by atomic mass is 16.2. The van der Waals surface area contributed by atoms with Gasteiger partial charge in [-0.15, -0.1) is 0 Å². The van der Waals surface area contributed by atoms with Crippen molar-refractivity contribution < 1.29 is 9.59 Å². The molecule has 0 radical (unpaired) electrons. The second-order valence-electron chi connectivity index (χ2n) is 4.60. The van der Waals surface area contributed by atoms with E-state index in [0.29, 0.717) is 17.7 Å². The Morgan fingerprint density at radius 1 is 1.62 bits per heavy atom. The smallest absolute Gasteiger partial charge is 0.248 e. The van der Waals surface area contributed by atoms with Gasteiger partial charge in [0.25, 0.3) is 0 Å². The molecule has 16 heavy (non-hydrogen) atoms. The van der Waals surface area contributed by atoms with E-state index in [-0.39, 0.29) is 17.2 Å². The van der Waals surface area contributed by atoms with Gasteiger partial charge in [0.15, 0.2) is 0 Å². The largest absolute Gasteiger partial charge is 0.366 e. The van der Waals surface area contributed by atoms with Crippen molar-refractivity contribution in [3.63, 3.8) is 0 Å². The van der Waals surface area contributed by atoms with Gasteiger partial charge in [0.1, 0.15) is 0 Å². The summed E-state index contributed by atoms with van der Waals surface area (Å²) in [6.45, 7) is 4.37. The molecule has 4 nitrogen and oxygen atoms in total. The van der Waals surface area contributed by atoms with Gasteiger partial charge in [-0.05, 0) is 13.3 Å². The Labute approximate surface area is 94.6 Å². The van der Waals surface area contributed by atoms with E-state index in [9.17, 15) is 9.59 Å². The van der Waals surface area contributed by atoms with Crippen molar-refractivity contribution in [3.8, 4) is 0 Å². The molecule has 2 unspecified atom stereocenters. The second-order valence-corrected chi connectivity index (χ2v) is 4.60. The minimum atomic E-state index is -0.476. The van der Waals surface area contributed by atoms with Crippen molar-refractivity contribution in [3.05, 3.63) is 23.3 Å². The lowest BCUT2D eigenvalue weighted by molar-refractivity contribution is -0.119. The Hall–Kier alpha value is -1.58. The highest BCUT2D eigenvalue weighted by Gasteiger charge is 2.48. The van der Waals surface area contributed by atoms with Gasteiger partial charge in [0.05, 0.1) is 0 Å².